The van der Waals surface area contributed by atoms with Crippen molar-refractivity contribution in [3.05, 3.63) is 59.7 Å². The van der Waals surface area contributed by atoms with Crippen LogP contribution in [0.1, 0.15) is 36.2 Å². The molecule has 1 aliphatic heterocycles. The van der Waals surface area contributed by atoms with E-state index in [1.165, 1.54) is 0 Å². The molecule has 2 aromatic carbocycles. The van der Waals surface area contributed by atoms with Crippen molar-refractivity contribution in [1.82, 2.24) is 15.5 Å². The van der Waals surface area contributed by atoms with Crippen LogP contribution < -0.4 is 20.1 Å². The molecule has 2 atom stereocenters. The Balaban J connectivity index is 1.67. The summed E-state index contributed by atoms with van der Waals surface area (Å²) in [6, 6.07) is 15.1. The van der Waals surface area contributed by atoms with E-state index in [4.69, 9.17) is 14.2 Å². The molecule has 1 saturated heterocycles. The van der Waals surface area contributed by atoms with Crippen LogP contribution in [0.2, 0.25) is 0 Å². The smallest absolute Gasteiger partial charge is 0.254 e. The van der Waals surface area contributed by atoms with E-state index in [-0.39, 0.29) is 29.7 Å². The molecule has 196 valence electrons. The zero-order valence-electron chi connectivity index (χ0n) is 21.8. The van der Waals surface area contributed by atoms with E-state index in [9.17, 15) is 9.59 Å². The van der Waals surface area contributed by atoms with Gasteiger partial charge in [-0.15, -0.1) is 0 Å². The number of benzene rings is 2. The van der Waals surface area contributed by atoms with Gasteiger partial charge in [0.15, 0.2) is 11.5 Å². The van der Waals surface area contributed by atoms with Crippen LogP contribution in [-0.4, -0.2) is 69.8 Å². The first-order valence-corrected chi connectivity index (χ1v) is 12.6. The molecule has 0 saturated carbocycles. The Bertz CT molecular complexity index is 982. The summed E-state index contributed by atoms with van der Waals surface area (Å²) in [5.41, 5.74) is 1.59. The molecule has 0 bridgehead atoms. The van der Waals surface area contributed by atoms with Gasteiger partial charge in [0, 0.05) is 63.8 Å². The third-order valence-electron chi connectivity index (χ3n) is 6.46. The van der Waals surface area contributed by atoms with E-state index < -0.39 is 0 Å². The van der Waals surface area contributed by atoms with Gasteiger partial charge in [0.25, 0.3) is 5.91 Å². The molecule has 2 N–H and O–H groups in total. The molecular formula is C28H39N3O5. The average molecular weight is 498 g/mol. The van der Waals surface area contributed by atoms with E-state index >= 15 is 0 Å². The van der Waals surface area contributed by atoms with Crippen molar-refractivity contribution in [2.24, 2.45) is 11.8 Å². The third kappa shape index (κ3) is 7.45. The number of ether oxygens (including phenoxy) is 3. The Labute approximate surface area is 214 Å². The van der Waals surface area contributed by atoms with Crippen LogP contribution in [0.3, 0.4) is 0 Å². The molecule has 0 aromatic heterocycles. The topological polar surface area (TPSA) is 89.1 Å². The maximum atomic E-state index is 13.6. The van der Waals surface area contributed by atoms with Crippen LogP contribution in [0.25, 0.3) is 0 Å². The van der Waals surface area contributed by atoms with Crippen molar-refractivity contribution in [2.75, 3.05) is 47.1 Å². The Morgan fingerprint density at radius 2 is 1.83 bits per heavy atom. The molecular weight excluding hydrogens is 458 g/mol. The summed E-state index contributed by atoms with van der Waals surface area (Å²) >= 11 is 0. The van der Waals surface area contributed by atoms with Crippen molar-refractivity contribution >= 4 is 11.8 Å². The van der Waals surface area contributed by atoms with Gasteiger partial charge in [-0.1, -0.05) is 30.3 Å². The minimum Gasteiger partial charge on any atom is -0.493 e. The van der Waals surface area contributed by atoms with Gasteiger partial charge in [0.1, 0.15) is 0 Å². The van der Waals surface area contributed by atoms with E-state index in [0.717, 1.165) is 12.0 Å². The van der Waals surface area contributed by atoms with E-state index in [1.807, 2.05) is 49.1 Å². The summed E-state index contributed by atoms with van der Waals surface area (Å²) in [6.45, 7) is 7.33. The molecule has 8 heteroatoms. The van der Waals surface area contributed by atoms with Gasteiger partial charge in [-0.05, 0) is 37.6 Å². The van der Waals surface area contributed by atoms with Crippen LogP contribution in [0, 0.1) is 11.8 Å². The highest BCUT2D eigenvalue weighted by molar-refractivity contribution is 5.95. The SMILES string of the molecule is COCCCOc1cc(C(=O)N(C[C@@H]2CNC[C@H]2C(=O)NCc2ccccc2)C(C)C)ccc1OC. The van der Waals surface area contributed by atoms with Crippen molar-refractivity contribution in [3.63, 3.8) is 0 Å². The second-order valence-electron chi connectivity index (χ2n) is 9.34. The number of nitrogens with one attached hydrogen (secondary N) is 2. The van der Waals surface area contributed by atoms with Crippen LogP contribution in [0.15, 0.2) is 48.5 Å². The second kappa shape index (κ2) is 13.8. The summed E-state index contributed by atoms with van der Waals surface area (Å²) in [6.07, 6.45) is 0.734. The molecule has 2 amide bonds. The minimum atomic E-state index is -0.196. The van der Waals surface area contributed by atoms with Crippen molar-refractivity contribution in [3.8, 4) is 11.5 Å². The molecule has 8 nitrogen and oxygen atoms in total. The predicted molar refractivity (Wildman–Crippen MR) is 139 cm³/mol. The molecule has 3 rings (SSSR count). The fourth-order valence-electron chi connectivity index (χ4n) is 4.40. The van der Waals surface area contributed by atoms with Crippen LogP contribution in [-0.2, 0) is 16.1 Å². The maximum absolute atomic E-state index is 13.6. The molecule has 0 radical (unpaired) electrons. The highest BCUT2D eigenvalue weighted by Crippen LogP contribution is 2.29. The summed E-state index contributed by atoms with van der Waals surface area (Å²) in [7, 11) is 3.23. The average Bonchev–Trinajstić information content (AvgIpc) is 3.36. The number of rotatable bonds is 13. The van der Waals surface area contributed by atoms with Crippen LogP contribution in [0.4, 0.5) is 0 Å². The number of amides is 2. The lowest BCUT2D eigenvalue weighted by molar-refractivity contribution is -0.125. The zero-order valence-corrected chi connectivity index (χ0v) is 21.8. The fraction of sp³-hybridized carbons (Fsp3) is 0.500. The third-order valence-corrected chi connectivity index (χ3v) is 6.46. The highest BCUT2D eigenvalue weighted by atomic mass is 16.5. The van der Waals surface area contributed by atoms with E-state index in [0.29, 0.717) is 56.5 Å². The van der Waals surface area contributed by atoms with Crippen LogP contribution >= 0.6 is 0 Å². The number of carbonyl (C=O) groups excluding carboxylic acids is 2. The minimum absolute atomic E-state index is 0.0150. The summed E-state index contributed by atoms with van der Waals surface area (Å²) in [4.78, 5) is 28.4. The van der Waals surface area contributed by atoms with E-state index in [2.05, 4.69) is 10.6 Å². The Kier molecular flexibility index (Phi) is 10.6. The molecule has 1 heterocycles. The van der Waals surface area contributed by atoms with E-state index in [1.54, 1.807) is 32.4 Å². The maximum Gasteiger partial charge on any atom is 0.254 e. The lowest BCUT2D eigenvalue weighted by atomic mass is 9.93. The number of methoxy groups -OCH3 is 2. The predicted octanol–water partition coefficient (Wildman–Crippen LogP) is 3.11. The van der Waals surface area contributed by atoms with Crippen LogP contribution in [0.5, 0.6) is 11.5 Å². The lowest BCUT2D eigenvalue weighted by Gasteiger charge is -2.31. The van der Waals surface area contributed by atoms with Gasteiger partial charge in [0.2, 0.25) is 5.91 Å². The quantitative estimate of drug-likeness (QED) is 0.414. The summed E-state index contributed by atoms with van der Waals surface area (Å²) < 4.78 is 16.4. The first kappa shape index (κ1) is 27.5. The van der Waals surface area contributed by atoms with Gasteiger partial charge in [-0.25, -0.2) is 0 Å². The highest BCUT2D eigenvalue weighted by Gasteiger charge is 2.35. The second-order valence-corrected chi connectivity index (χ2v) is 9.34. The molecule has 2 aromatic rings. The largest absolute Gasteiger partial charge is 0.493 e. The number of nitrogens with zero attached hydrogens (tertiary/aromatic N) is 1. The number of hydrogen-bond acceptors (Lipinski definition) is 6. The van der Waals surface area contributed by atoms with Gasteiger partial charge < -0.3 is 29.7 Å². The van der Waals surface area contributed by atoms with Gasteiger partial charge >= 0.3 is 0 Å². The van der Waals surface area contributed by atoms with Gasteiger partial charge in [-0.2, -0.15) is 0 Å². The fourth-order valence-corrected chi connectivity index (χ4v) is 4.40. The summed E-state index contributed by atoms with van der Waals surface area (Å²) in [5.74, 6) is 0.860. The van der Waals surface area contributed by atoms with Gasteiger partial charge in [0.05, 0.1) is 19.6 Å². The van der Waals surface area contributed by atoms with Crippen molar-refractivity contribution in [2.45, 2.75) is 32.9 Å². The molecule has 0 spiro atoms. The summed E-state index contributed by atoms with van der Waals surface area (Å²) in [5, 5.41) is 6.40. The number of carbonyl (C=O) groups is 2. The zero-order chi connectivity index (χ0) is 25.9. The lowest BCUT2D eigenvalue weighted by Crippen LogP contribution is -2.44. The molecule has 0 aliphatic carbocycles. The first-order chi connectivity index (χ1) is 17.4. The Morgan fingerprint density at radius 1 is 1.06 bits per heavy atom. The number of hydrogen-bond donors (Lipinski definition) is 2. The van der Waals surface area contributed by atoms with Gasteiger partial charge in [-0.3, -0.25) is 9.59 Å². The van der Waals surface area contributed by atoms with Crippen molar-refractivity contribution in [1.29, 1.82) is 0 Å². The Hall–Kier alpha value is -3.10. The molecule has 1 aliphatic rings. The molecule has 0 unspecified atom stereocenters. The molecule has 1 fully saturated rings. The monoisotopic (exact) mass is 497 g/mol. The standard InChI is InChI=1S/C28H39N3O5/c1-20(2)31(28(33)22-11-12-25(35-4)26(15-22)36-14-8-13-34-3)19-23-17-29-18-24(23)27(32)30-16-21-9-6-5-7-10-21/h5-7,9-12,15,20,23-24,29H,8,13-14,16-19H2,1-4H3,(H,30,32)/t23-,24+/m0/s1. The molecule has 36 heavy (non-hydrogen) atoms. The van der Waals surface area contributed by atoms with Crippen molar-refractivity contribution < 1.29 is 23.8 Å². The normalized spacial score (nSPS) is 17.1. The first-order valence-electron chi connectivity index (χ1n) is 12.6. The Morgan fingerprint density at radius 3 is 2.53 bits per heavy atom.